The van der Waals surface area contributed by atoms with Gasteiger partial charge >= 0.3 is 0 Å². The van der Waals surface area contributed by atoms with E-state index in [4.69, 9.17) is 0 Å². The number of nitrogens with one attached hydrogen (secondary N) is 1. The van der Waals surface area contributed by atoms with Crippen molar-refractivity contribution in [1.29, 1.82) is 0 Å². The van der Waals surface area contributed by atoms with Gasteiger partial charge in [-0.2, -0.15) is 4.31 Å². The smallest absolute Gasteiger partial charge is 0.243 e. The first-order valence-electron chi connectivity index (χ1n) is 6.64. The van der Waals surface area contributed by atoms with Crippen LogP contribution in [0.25, 0.3) is 0 Å². The fourth-order valence-electron chi connectivity index (χ4n) is 1.97. The summed E-state index contributed by atoms with van der Waals surface area (Å²) in [6.45, 7) is 0.964. The highest BCUT2D eigenvalue weighted by Crippen LogP contribution is 2.16. The zero-order valence-corrected chi connectivity index (χ0v) is 13.0. The molecule has 0 radical (unpaired) electrons. The molecular formula is C15H19N3O2S. The summed E-state index contributed by atoms with van der Waals surface area (Å²) in [4.78, 5) is 4.44. The van der Waals surface area contributed by atoms with E-state index in [1.807, 2.05) is 31.3 Å². The molecule has 1 N–H and O–H groups in total. The van der Waals surface area contributed by atoms with E-state index in [0.717, 1.165) is 11.3 Å². The van der Waals surface area contributed by atoms with Crippen LogP contribution in [0.5, 0.6) is 0 Å². The second-order valence-electron chi connectivity index (χ2n) is 4.76. The molecule has 21 heavy (non-hydrogen) atoms. The second kappa shape index (κ2) is 6.80. The third-order valence-electron chi connectivity index (χ3n) is 3.12. The van der Waals surface area contributed by atoms with Gasteiger partial charge in [0.05, 0.1) is 17.1 Å². The van der Waals surface area contributed by atoms with Crippen LogP contribution in [0, 0.1) is 0 Å². The fourth-order valence-corrected chi connectivity index (χ4v) is 3.11. The van der Waals surface area contributed by atoms with Crippen LogP contribution in [0.15, 0.2) is 53.6 Å². The van der Waals surface area contributed by atoms with Gasteiger partial charge in [0.25, 0.3) is 0 Å². The van der Waals surface area contributed by atoms with E-state index in [2.05, 4.69) is 10.3 Å². The lowest BCUT2D eigenvalue weighted by Gasteiger charge is -2.17. The van der Waals surface area contributed by atoms with Gasteiger partial charge in [0.2, 0.25) is 10.0 Å². The summed E-state index contributed by atoms with van der Waals surface area (Å²) in [5.74, 6) is 0. The zero-order valence-electron chi connectivity index (χ0n) is 12.2. The third-order valence-corrected chi connectivity index (χ3v) is 4.94. The van der Waals surface area contributed by atoms with Gasteiger partial charge in [-0.1, -0.05) is 18.2 Å². The first-order valence-corrected chi connectivity index (χ1v) is 8.08. The number of pyridine rings is 1. The Morgan fingerprint density at radius 2 is 1.86 bits per heavy atom. The maximum atomic E-state index is 12.5. The first-order chi connectivity index (χ1) is 10.0. The van der Waals surface area contributed by atoms with Crippen molar-refractivity contribution >= 4 is 10.0 Å². The quantitative estimate of drug-likeness (QED) is 0.881. The molecule has 1 aromatic carbocycles. The molecule has 0 aliphatic rings. The molecule has 0 unspecified atom stereocenters. The van der Waals surface area contributed by atoms with Gasteiger partial charge in [0, 0.05) is 19.8 Å². The van der Waals surface area contributed by atoms with Gasteiger partial charge in [0.15, 0.2) is 0 Å². The van der Waals surface area contributed by atoms with Gasteiger partial charge in [-0.25, -0.2) is 8.42 Å². The van der Waals surface area contributed by atoms with Crippen molar-refractivity contribution in [2.24, 2.45) is 0 Å². The lowest BCUT2D eigenvalue weighted by atomic mass is 10.2. The highest BCUT2D eigenvalue weighted by atomic mass is 32.2. The Morgan fingerprint density at radius 1 is 1.14 bits per heavy atom. The summed E-state index contributed by atoms with van der Waals surface area (Å²) in [6.07, 6.45) is 1.66. The van der Waals surface area contributed by atoms with Crippen LogP contribution in [-0.4, -0.2) is 31.8 Å². The molecule has 2 rings (SSSR count). The molecule has 0 aliphatic heterocycles. The van der Waals surface area contributed by atoms with Crippen LogP contribution in [0.3, 0.4) is 0 Å². The van der Waals surface area contributed by atoms with Gasteiger partial charge < -0.3 is 5.32 Å². The van der Waals surface area contributed by atoms with Crippen molar-refractivity contribution in [3.8, 4) is 0 Å². The van der Waals surface area contributed by atoms with Gasteiger partial charge in [-0.3, -0.25) is 4.98 Å². The highest BCUT2D eigenvalue weighted by molar-refractivity contribution is 7.89. The molecule has 1 aromatic heterocycles. The summed E-state index contributed by atoms with van der Waals surface area (Å²) in [7, 11) is -0.0824. The highest BCUT2D eigenvalue weighted by Gasteiger charge is 2.21. The Hall–Kier alpha value is -1.76. The van der Waals surface area contributed by atoms with Gasteiger partial charge in [0.1, 0.15) is 0 Å². The van der Waals surface area contributed by atoms with E-state index in [1.165, 1.54) is 4.31 Å². The molecule has 5 nitrogen and oxygen atoms in total. The van der Waals surface area contributed by atoms with Crippen molar-refractivity contribution < 1.29 is 8.42 Å². The summed E-state index contributed by atoms with van der Waals surface area (Å²) in [5.41, 5.74) is 1.76. The van der Waals surface area contributed by atoms with E-state index in [9.17, 15) is 8.42 Å². The fraction of sp³-hybridized carbons (Fsp3) is 0.267. The number of nitrogens with zero attached hydrogens (tertiary/aromatic N) is 2. The molecule has 0 saturated carbocycles. The molecule has 0 fully saturated rings. The predicted molar refractivity (Wildman–Crippen MR) is 82.1 cm³/mol. The molecule has 112 valence electrons. The first kappa shape index (κ1) is 15.6. The normalized spacial score (nSPS) is 11.8. The summed E-state index contributed by atoms with van der Waals surface area (Å²) >= 11 is 0. The zero-order chi connectivity index (χ0) is 15.3. The molecule has 0 aliphatic carbocycles. The standard InChI is InChI=1S/C15H19N3O2S/c1-16-11-13-6-8-15(9-7-13)21(19,20)18(2)12-14-5-3-4-10-17-14/h3-10,16H,11-12H2,1-2H3. The van der Waals surface area contributed by atoms with Crippen molar-refractivity contribution in [3.05, 3.63) is 59.9 Å². The molecular weight excluding hydrogens is 286 g/mol. The Balaban J connectivity index is 2.16. The summed E-state index contributed by atoms with van der Waals surface area (Å²) in [6, 6.07) is 12.4. The van der Waals surface area contributed by atoms with Crippen LogP contribution in [0.2, 0.25) is 0 Å². The Kier molecular flexibility index (Phi) is 5.06. The largest absolute Gasteiger partial charge is 0.316 e. The van der Waals surface area contributed by atoms with Crippen LogP contribution in [0.1, 0.15) is 11.3 Å². The van der Waals surface area contributed by atoms with E-state index in [0.29, 0.717) is 11.4 Å². The molecule has 1 heterocycles. The van der Waals surface area contributed by atoms with Crippen molar-refractivity contribution in [2.75, 3.05) is 14.1 Å². The number of sulfonamides is 1. The minimum Gasteiger partial charge on any atom is -0.316 e. The number of rotatable bonds is 6. The van der Waals surface area contributed by atoms with E-state index >= 15 is 0 Å². The molecule has 0 bridgehead atoms. The lowest BCUT2D eigenvalue weighted by Crippen LogP contribution is -2.26. The Morgan fingerprint density at radius 3 is 2.43 bits per heavy atom. The minimum atomic E-state index is -3.50. The van der Waals surface area contributed by atoms with Gasteiger partial charge in [-0.05, 0) is 36.9 Å². The van der Waals surface area contributed by atoms with Crippen molar-refractivity contribution in [2.45, 2.75) is 18.0 Å². The SMILES string of the molecule is CNCc1ccc(S(=O)(=O)N(C)Cc2ccccn2)cc1. The number of benzene rings is 1. The number of hydrogen-bond donors (Lipinski definition) is 1. The van der Waals surface area contributed by atoms with Crippen LogP contribution >= 0.6 is 0 Å². The Labute approximate surface area is 125 Å². The number of hydrogen-bond acceptors (Lipinski definition) is 4. The average Bonchev–Trinajstić information content (AvgIpc) is 2.49. The van der Waals surface area contributed by atoms with Crippen molar-refractivity contribution in [3.63, 3.8) is 0 Å². The number of aromatic nitrogens is 1. The van der Waals surface area contributed by atoms with Gasteiger partial charge in [-0.15, -0.1) is 0 Å². The van der Waals surface area contributed by atoms with E-state index < -0.39 is 10.0 Å². The molecule has 0 amide bonds. The maximum Gasteiger partial charge on any atom is 0.243 e. The Bertz CT molecular complexity index is 670. The topological polar surface area (TPSA) is 62.3 Å². The second-order valence-corrected chi connectivity index (χ2v) is 6.80. The summed E-state index contributed by atoms with van der Waals surface area (Å²) < 4.78 is 26.3. The molecule has 0 atom stereocenters. The molecule has 0 saturated heterocycles. The lowest BCUT2D eigenvalue weighted by molar-refractivity contribution is 0.462. The van der Waals surface area contributed by atoms with Crippen LogP contribution in [0.4, 0.5) is 0 Å². The van der Waals surface area contributed by atoms with E-state index in [1.54, 1.807) is 31.4 Å². The molecule has 2 aromatic rings. The third kappa shape index (κ3) is 3.87. The molecule has 0 spiro atoms. The van der Waals surface area contributed by atoms with Crippen molar-refractivity contribution in [1.82, 2.24) is 14.6 Å². The van der Waals surface area contributed by atoms with Crippen LogP contribution < -0.4 is 5.32 Å². The summed E-state index contributed by atoms with van der Waals surface area (Å²) in [5, 5.41) is 3.03. The monoisotopic (exact) mass is 305 g/mol. The molecule has 6 heteroatoms. The predicted octanol–water partition coefficient (Wildman–Crippen LogP) is 1.62. The maximum absolute atomic E-state index is 12.5. The van der Waals surface area contributed by atoms with E-state index in [-0.39, 0.29) is 6.54 Å². The van der Waals surface area contributed by atoms with Crippen LogP contribution in [-0.2, 0) is 23.1 Å². The minimum absolute atomic E-state index is 0.251. The average molecular weight is 305 g/mol.